The summed E-state index contributed by atoms with van der Waals surface area (Å²) in [5, 5.41) is 5.61. The third-order valence-electron chi connectivity index (χ3n) is 5.58. The van der Waals surface area contributed by atoms with Crippen LogP contribution < -0.4 is 5.56 Å². The fourth-order valence-electron chi connectivity index (χ4n) is 4.09. The Morgan fingerprint density at radius 2 is 1.97 bits per heavy atom. The lowest BCUT2D eigenvalue weighted by Crippen LogP contribution is -2.37. The quantitative estimate of drug-likeness (QED) is 0.477. The molecule has 3 aromatic heterocycles. The van der Waals surface area contributed by atoms with Gasteiger partial charge in [-0.05, 0) is 31.5 Å². The van der Waals surface area contributed by atoms with E-state index in [0.717, 1.165) is 44.8 Å². The Kier molecular flexibility index (Phi) is 5.43. The van der Waals surface area contributed by atoms with Crippen LogP contribution >= 0.6 is 11.6 Å². The molecule has 0 aliphatic carbocycles. The van der Waals surface area contributed by atoms with Crippen molar-refractivity contribution in [2.24, 2.45) is 0 Å². The van der Waals surface area contributed by atoms with Gasteiger partial charge in [0.15, 0.2) is 0 Å². The molecule has 0 bridgehead atoms. The molecule has 160 valence electrons. The number of pyridine rings is 1. The maximum absolute atomic E-state index is 13.5. The van der Waals surface area contributed by atoms with Crippen molar-refractivity contribution in [3.8, 4) is 11.3 Å². The van der Waals surface area contributed by atoms with Crippen LogP contribution in [0.3, 0.4) is 0 Å². The average Bonchev–Trinajstić information content (AvgIpc) is 3.14. The summed E-state index contributed by atoms with van der Waals surface area (Å²) in [7, 11) is 0. The van der Waals surface area contributed by atoms with E-state index in [-0.39, 0.29) is 5.56 Å². The molecular formula is C22H23ClN6O2. The number of aromatic nitrogens is 5. The molecule has 0 spiro atoms. The minimum Gasteiger partial charge on any atom is -0.379 e. The van der Waals surface area contributed by atoms with Gasteiger partial charge in [-0.15, -0.1) is 5.10 Å². The molecule has 4 aromatic rings. The lowest BCUT2D eigenvalue weighted by atomic mass is 10.1. The zero-order chi connectivity index (χ0) is 21.4. The van der Waals surface area contributed by atoms with Gasteiger partial charge in [0, 0.05) is 43.0 Å². The Hall–Kier alpha value is -2.81. The van der Waals surface area contributed by atoms with E-state index in [1.165, 1.54) is 0 Å². The number of benzene rings is 1. The first-order valence-corrected chi connectivity index (χ1v) is 10.8. The summed E-state index contributed by atoms with van der Waals surface area (Å²) in [5.41, 5.74) is 1.98. The van der Waals surface area contributed by atoms with Gasteiger partial charge in [0.1, 0.15) is 5.82 Å². The van der Waals surface area contributed by atoms with Crippen molar-refractivity contribution in [3.63, 3.8) is 0 Å². The van der Waals surface area contributed by atoms with Crippen LogP contribution in [0.2, 0.25) is 5.02 Å². The van der Waals surface area contributed by atoms with Crippen molar-refractivity contribution in [1.82, 2.24) is 29.0 Å². The van der Waals surface area contributed by atoms with Crippen LogP contribution in [0.15, 0.2) is 41.3 Å². The molecule has 1 saturated heterocycles. The van der Waals surface area contributed by atoms with Gasteiger partial charge in [-0.2, -0.15) is 9.50 Å². The largest absolute Gasteiger partial charge is 0.379 e. The van der Waals surface area contributed by atoms with Crippen LogP contribution in [0, 0.1) is 6.92 Å². The Morgan fingerprint density at radius 1 is 1.13 bits per heavy atom. The molecular weight excluding hydrogens is 416 g/mol. The average molecular weight is 439 g/mol. The molecule has 0 radical (unpaired) electrons. The van der Waals surface area contributed by atoms with Crippen LogP contribution in [0.1, 0.15) is 12.2 Å². The normalized spacial score (nSPS) is 15.2. The second kappa shape index (κ2) is 8.37. The Bertz CT molecular complexity index is 1310. The highest BCUT2D eigenvalue weighted by atomic mass is 35.5. The maximum atomic E-state index is 13.5. The summed E-state index contributed by atoms with van der Waals surface area (Å²) < 4.78 is 8.81. The second-order valence-corrected chi connectivity index (χ2v) is 8.16. The van der Waals surface area contributed by atoms with E-state index in [1.54, 1.807) is 9.08 Å². The number of hydrogen-bond donors (Lipinski definition) is 0. The van der Waals surface area contributed by atoms with Gasteiger partial charge in [0.2, 0.25) is 0 Å². The summed E-state index contributed by atoms with van der Waals surface area (Å²) in [6, 6.07) is 9.31. The van der Waals surface area contributed by atoms with Crippen molar-refractivity contribution in [3.05, 3.63) is 57.7 Å². The molecule has 0 amide bonds. The molecule has 1 aliphatic rings. The third kappa shape index (κ3) is 3.94. The topological polar surface area (TPSA) is 77.6 Å². The van der Waals surface area contributed by atoms with Crippen LogP contribution in [0.25, 0.3) is 27.9 Å². The number of ether oxygens (including phenoxy) is 1. The fraction of sp³-hybridized carbons (Fsp3) is 0.364. The smallest absolute Gasteiger partial charge is 0.262 e. The first-order chi connectivity index (χ1) is 15.1. The molecule has 0 N–H and O–H groups in total. The first kappa shape index (κ1) is 20.1. The Labute approximate surface area is 184 Å². The van der Waals surface area contributed by atoms with E-state index >= 15 is 0 Å². The molecule has 4 heterocycles. The molecule has 0 unspecified atom stereocenters. The highest BCUT2D eigenvalue weighted by Gasteiger charge is 2.18. The van der Waals surface area contributed by atoms with Crippen molar-refractivity contribution in [2.45, 2.75) is 19.9 Å². The van der Waals surface area contributed by atoms with Crippen molar-refractivity contribution < 1.29 is 4.74 Å². The van der Waals surface area contributed by atoms with Crippen molar-refractivity contribution in [1.29, 1.82) is 0 Å². The third-order valence-corrected chi connectivity index (χ3v) is 5.82. The summed E-state index contributed by atoms with van der Waals surface area (Å²) in [6.45, 7) is 6.82. The number of nitrogens with zero attached hydrogens (tertiary/aromatic N) is 6. The van der Waals surface area contributed by atoms with Gasteiger partial charge in [-0.25, -0.2) is 4.98 Å². The minimum absolute atomic E-state index is 0.0861. The van der Waals surface area contributed by atoms with Crippen LogP contribution in [0.5, 0.6) is 0 Å². The predicted octanol–water partition coefficient (Wildman–Crippen LogP) is 2.79. The van der Waals surface area contributed by atoms with Gasteiger partial charge in [-0.3, -0.25) is 9.69 Å². The zero-order valence-electron chi connectivity index (χ0n) is 17.3. The van der Waals surface area contributed by atoms with Gasteiger partial charge < -0.3 is 9.30 Å². The predicted molar refractivity (Wildman–Crippen MR) is 120 cm³/mol. The molecule has 1 aliphatic heterocycles. The zero-order valence-corrected chi connectivity index (χ0v) is 18.0. The summed E-state index contributed by atoms with van der Waals surface area (Å²) in [6.07, 6.45) is 2.70. The highest BCUT2D eigenvalue weighted by molar-refractivity contribution is 6.30. The Morgan fingerprint density at radius 3 is 2.77 bits per heavy atom. The van der Waals surface area contributed by atoms with Crippen molar-refractivity contribution >= 4 is 28.3 Å². The van der Waals surface area contributed by atoms with Crippen molar-refractivity contribution in [2.75, 3.05) is 32.8 Å². The molecule has 1 fully saturated rings. The maximum Gasteiger partial charge on any atom is 0.262 e. The van der Waals surface area contributed by atoms with Gasteiger partial charge in [0.05, 0.1) is 29.8 Å². The van der Waals surface area contributed by atoms with Crippen LogP contribution in [-0.2, 0) is 11.3 Å². The van der Waals surface area contributed by atoms with Gasteiger partial charge in [-0.1, -0.05) is 23.7 Å². The van der Waals surface area contributed by atoms with Crippen LogP contribution in [0.4, 0.5) is 0 Å². The lowest BCUT2D eigenvalue weighted by molar-refractivity contribution is 0.0369. The number of rotatable bonds is 5. The number of fused-ring (bicyclic) bond motifs is 2. The monoisotopic (exact) mass is 438 g/mol. The molecule has 0 atom stereocenters. The SMILES string of the molecule is Cc1nc2nc3ccn(CCCN4CCOCC4)c(=O)c3c(-c3cccc(Cl)c3)n2n1. The van der Waals surface area contributed by atoms with Crippen LogP contribution in [-0.4, -0.2) is 61.9 Å². The van der Waals surface area contributed by atoms with E-state index in [1.807, 2.05) is 43.5 Å². The van der Waals surface area contributed by atoms with Gasteiger partial charge in [0.25, 0.3) is 11.3 Å². The molecule has 0 saturated carbocycles. The summed E-state index contributed by atoms with van der Waals surface area (Å²) in [4.78, 5) is 24.9. The van der Waals surface area contributed by atoms with Gasteiger partial charge >= 0.3 is 0 Å². The van der Waals surface area contributed by atoms with E-state index < -0.39 is 0 Å². The molecule has 31 heavy (non-hydrogen) atoms. The standard InChI is InChI=1S/C22H23ClN6O2/c1-15-24-22-25-18-6-9-28(8-3-7-27-10-12-31-13-11-27)21(30)19(18)20(29(22)26-15)16-4-2-5-17(23)14-16/h2,4-6,9,14H,3,7-8,10-13H2,1H3. The number of hydrogen-bond acceptors (Lipinski definition) is 6. The second-order valence-electron chi connectivity index (χ2n) is 7.72. The Balaban J connectivity index is 1.59. The molecule has 9 heteroatoms. The lowest BCUT2D eigenvalue weighted by Gasteiger charge is -2.26. The fourth-order valence-corrected chi connectivity index (χ4v) is 4.28. The molecule has 8 nitrogen and oxygen atoms in total. The highest BCUT2D eigenvalue weighted by Crippen LogP contribution is 2.28. The van der Waals surface area contributed by atoms with E-state index in [4.69, 9.17) is 16.3 Å². The first-order valence-electron chi connectivity index (χ1n) is 10.4. The van der Waals surface area contributed by atoms with E-state index in [9.17, 15) is 4.79 Å². The minimum atomic E-state index is -0.0861. The summed E-state index contributed by atoms with van der Waals surface area (Å²) in [5.74, 6) is 1.06. The number of morpholine rings is 1. The van der Waals surface area contributed by atoms with E-state index in [0.29, 0.717) is 39.8 Å². The molecule has 1 aromatic carbocycles. The number of aryl methyl sites for hydroxylation is 2. The molecule has 5 rings (SSSR count). The number of halogens is 1. The van der Waals surface area contributed by atoms with E-state index in [2.05, 4.69) is 20.0 Å². The summed E-state index contributed by atoms with van der Waals surface area (Å²) >= 11 is 6.26.